The van der Waals surface area contributed by atoms with E-state index in [1.54, 1.807) is 0 Å². The van der Waals surface area contributed by atoms with Crippen LogP contribution < -0.4 is 0 Å². The molecule has 0 aromatic carbocycles. The first-order valence-corrected chi connectivity index (χ1v) is 35.1. The van der Waals surface area contributed by atoms with Gasteiger partial charge in [0.25, 0.3) is 0 Å². The van der Waals surface area contributed by atoms with Gasteiger partial charge in [-0.2, -0.15) is 0 Å². The summed E-state index contributed by atoms with van der Waals surface area (Å²) < 4.78 is 16.9. The van der Waals surface area contributed by atoms with Crippen molar-refractivity contribution < 1.29 is 28.6 Å². The van der Waals surface area contributed by atoms with Crippen LogP contribution in [0.1, 0.15) is 355 Å². The maximum Gasteiger partial charge on any atom is 0.306 e. The van der Waals surface area contributed by atoms with Gasteiger partial charge >= 0.3 is 17.9 Å². The lowest BCUT2D eigenvalue weighted by Gasteiger charge is -2.18. The summed E-state index contributed by atoms with van der Waals surface area (Å²) in [6.45, 7) is 6.50. The molecule has 0 spiro atoms. The molecule has 0 saturated carbocycles. The maximum atomic E-state index is 12.9. The van der Waals surface area contributed by atoms with Crippen LogP contribution in [0, 0.1) is 0 Å². The van der Waals surface area contributed by atoms with E-state index < -0.39 is 6.10 Å². The second-order valence-electron chi connectivity index (χ2n) is 23.4. The molecule has 1 atom stereocenters. The number of carbonyl (C=O) groups excluding carboxylic acids is 3. The Bertz CT molecular complexity index is 1530. The number of ether oxygens (including phenoxy) is 3. The van der Waals surface area contributed by atoms with E-state index >= 15 is 0 Å². The molecule has 0 rings (SSSR count). The van der Waals surface area contributed by atoms with E-state index in [9.17, 15) is 14.4 Å². The van der Waals surface area contributed by atoms with Gasteiger partial charge < -0.3 is 14.2 Å². The van der Waals surface area contributed by atoms with Crippen LogP contribution in [-0.4, -0.2) is 37.2 Å². The Kier molecular flexibility index (Phi) is 66.2. The van der Waals surface area contributed by atoms with Gasteiger partial charge in [0.1, 0.15) is 13.2 Å². The van der Waals surface area contributed by atoms with Gasteiger partial charge in [-0.25, -0.2) is 0 Å². The van der Waals surface area contributed by atoms with Crippen molar-refractivity contribution >= 4 is 17.9 Å². The molecule has 1 unspecified atom stereocenters. The Balaban J connectivity index is 4.27. The minimum absolute atomic E-state index is 0.101. The predicted octanol–water partition coefficient (Wildman–Crippen LogP) is 24.2. The summed E-state index contributed by atoms with van der Waals surface area (Å²) >= 11 is 0. The normalized spacial score (nSPS) is 12.6. The Labute approximate surface area is 503 Å². The molecule has 0 amide bonds. The fourth-order valence-electron chi connectivity index (χ4n) is 10.2. The zero-order valence-corrected chi connectivity index (χ0v) is 53.8. The number of allylic oxidation sites excluding steroid dienone is 14. The largest absolute Gasteiger partial charge is 0.462 e. The molecule has 0 aromatic heterocycles. The molecule has 6 nitrogen and oxygen atoms in total. The highest BCUT2D eigenvalue weighted by Crippen LogP contribution is 2.18. The van der Waals surface area contributed by atoms with Crippen molar-refractivity contribution in [2.45, 2.75) is 361 Å². The lowest BCUT2D eigenvalue weighted by molar-refractivity contribution is -0.167. The molecule has 0 N–H and O–H groups in total. The van der Waals surface area contributed by atoms with Gasteiger partial charge in [-0.3, -0.25) is 14.4 Å². The van der Waals surface area contributed by atoms with Gasteiger partial charge in [-0.1, -0.05) is 331 Å². The summed E-state index contributed by atoms with van der Waals surface area (Å²) in [4.78, 5) is 38.4. The van der Waals surface area contributed by atoms with Gasteiger partial charge in [-0.05, 0) is 89.9 Å². The molecule has 0 heterocycles. The van der Waals surface area contributed by atoms with Crippen LogP contribution in [-0.2, 0) is 28.6 Å². The van der Waals surface area contributed by atoms with Crippen molar-refractivity contribution in [1.82, 2.24) is 0 Å². The van der Waals surface area contributed by atoms with E-state index in [0.29, 0.717) is 19.3 Å². The Hall–Kier alpha value is -3.41. The fourth-order valence-corrected chi connectivity index (χ4v) is 10.2. The van der Waals surface area contributed by atoms with E-state index in [0.717, 1.165) is 103 Å². The van der Waals surface area contributed by atoms with Crippen LogP contribution in [0.15, 0.2) is 85.1 Å². The van der Waals surface area contributed by atoms with E-state index in [-0.39, 0.29) is 37.5 Å². The van der Waals surface area contributed by atoms with Crippen LogP contribution in [0.4, 0.5) is 0 Å². The third kappa shape index (κ3) is 67.3. The quantitative estimate of drug-likeness (QED) is 0.0261. The van der Waals surface area contributed by atoms with Gasteiger partial charge in [0.15, 0.2) is 6.10 Å². The Morgan fingerprint density at radius 2 is 0.494 bits per heavy atom. The van der Waals surface area contributed by atoms with Crippen molar-refractivity contribution in [2.75, 3.05) is 13.2 Å². The standard InChI is InChI=1S/C75H132O6/c1-4-7-10-13-16-19-22-25-28-31-32-33-34-35-36-37-38-39-40-41-42-43-45-47-50-53-56-59-62-65-68-74(77)80-71-72(70-79-73(76)67-64-61-58-55-52-49-46-30-27-24-21-18-15-12-9-6-3)81-75(78)69-66-63-60-57-54-51-48-44-29-26-23-20-17-14-11-8-5-2/h8,11,17,20-21,24,26,29-30,46,48,51,57,60,72H,4-7,9-10,12-16,18-19,22-23,25,27-28,31-45,47,49-50,52-56,58-59,61-71H2,1-3H3/b11-8-,20-17-,24-21-,29-26-,46-30-,51-48-,60-57-. The van der Waals surface area contributed by atoms with E-state index in [2.05, 4.69) is 106 Å². The minimum atomic E-state index is -0.813. The van der Waals surface area contributed by atoms with Gasteiger partial charge in [-0.15, -0.1) is 0 Å². The average Bonchev–Trinajstić information content (AvgIpc) is 3.47. The van der Waals surface area contributed by atoms with Crippen molar-refractivity contribution in [3.63, 3.8) is 0 Å². The van der Waals surface area contributed by atoms with Crippen LogP contribution in [0.3, 0.4) is 0 Å². The summed E-state index contributed by atoms with van der Waals surface area (Å²) in [5, 5.41) is 0. The van der Waals surface area contributed by atoms with E-state index in [1.165, 1.54) is 205 Å². The maximum absolute atomic E-state index is 12.9. The highest BCUT2D eigenvalue weighted by Gasteiger charge is 2.19. The van der Waals surface area contributed by atoms with Crippen molar-refractivity contribution in [3.05, 3.63) is 85.1 Å². The van der Waals surface area contributed by atoms with Crippen LogP contribution >= 0.6 is 0 Å². The zero-order chi connectivity index (χ0) is 58.5. The number of unbranched alkanes of at least 4 members (excludes halogenated alkanes) is 39. The molecule has 81 heavy (non-hydrogen) atoms. The first kappa shape index (κ1) is 77.6. The number of rotatable bonds is 64. The van der Waals surface area contributed by atoms with Gasteiger partial charge in [0, 0.05) is 19.3 Å². The monoisotopic (exact) mass is 1130 g/mol. The molecule has 6 heteroatoms. The second-order valence-corrected chi connectivity index (χ2v) is 23.4. The van der Waals surface area contributed by atoms with Gasteiger partial charge in [0.2, 0.25) is 0 Å². The third-order valence-electron chi connectivity index (χ3n) is 15.4. The molecule has 468 valence electrons. The summed E-state index contributed by atoms with van der Waals surface area (Å²) in [6.07, 6.45) is 92.0. The third-order valence-corrected chi connectivity index (χ3v) is 15.4. The van der Waals surface area contributed by atoms with Crippen LogP contribution in [0.25, 0.3) is 0 Å². The van der Waals surface area contributed by atoms with E-state index in [4.69, 9.17) is 14.2 Å². The Morgan fingerprint density at radius 3 is 0.802 bits per heavy atom. The highest BCUT2D eigenvalue weighted by atomic mass is 16.6. The molecule has 0 saturated heterocycles. The predicted molar refractivity (Wildman–Crippen MR) is 353 cm³/mol. The van der Waals surface area contributed by atoms with Crippen LogP contribution in [0.5, 0.6) is 0 Å². The van der Waals surface area contributed by atoms with Crippen molar-refractivity contribution in [3.8, 4) is 0 Å². The molecular weight excluding hydrogens is 997 g/mol. The molecular formula is C75H132O6. The van der Waals surface area contributed by atoms with Crippen molar-refractivity contribution in [1.29, 1.82) is 0 Å². The molecule has 0 bridgehead atoms. The lowest BCUT2D eigenvalue weighted by atomic mass is 10.0. The fraction of sp³-hybridized carbons (Fsp3) is 0.773. The second kappa shape index (κ2) is 69.1. The topological polar surface area (TPSA) is 78.9 Å². The minimum Gasteiger partial charge on any atom is -0.462 e. The lowest BCUT2D eigenvalue weighted by Crippen LogP contribution is -2.30. The molecule has 0 fully saturated rings. The number of hydrogen-bond donors (Lipinski definition) is 0. The first-order chi connectivity index (χ1) is 40.0. The SMILES string of the molecule is CC/C=C\C/C=C\C/C=C\C/C=C\C/C=C\CCCC(=O)OC(COC(=O)CCCCCCC/C=C\C/C=C\CCCCCC)COC(=O)CCCCCCCCCCCCCCCCCCCCCCCCCCCCCCCC. The summed E-state index contributed by atoms with van der Waals surface area (Å²) in [6, 6.07) is 0. The Morgan fingerprint density at radius 1 is 0.259 bits per heavy atom. The summed E-state index contributed by atoms with van der Waals surface area (Å²) in [7, 11) is 0. The summed E-state index contributed by atoms with van der Waals surface area (Å²) in [5.74, 6) is -0.959. The average molecular weight is 1130 g/mol. The van der Waals surface area contributed by atoms with E-state index in [1.807, 2.05) is 0 Å². The zero-order valence-electron chi connectivity index (χ0n) is 53.8. The first-order valence-electron chi connectivity index (χ1n) is 35.1. The number of esters is 3. The molecule has 0 aliphatic rings. The van der Waals surface area contributed by atoms with Crippen molar-refractivity contribution in [2.24, 2.45) is 0 Å². The molecule has 0 aliphatic carbocycles. The molecule has 0 aromatic rings. The highest BCUT2D eigenvalue weighted by molar-refractivity contribution is 5.71. The summed E-state index contributed by atoms with van der Waals surface area (Å²) in [5.41, 5.74) is 0. The smallest absolute Gasteiger partial charge is 0.306 e. The number of hydrogen-bond acceptors (Lipinski definition) is 6. The molecule has 0 radical (unpaired) electrons. The van der Waals surface area contributed by atoms with Crippen LogP contribution in [0.2, 0.25) is 0 Å². The van der Waals surface area contributed by atoms with Gasteiger partial charge in [0.05, 0.1) is 0 Å². The number of carbonyl (C=O) groups is 3. The molecule has 0 aliphatic heterocycles.